The van der Waals surface area contributed by atoms with Crippen molar-refractivity contribution < 1.29 is 19.4 Å². The van der Waals surface area contributed by atoms with Crippen LogP contribution >= 0.6 is 0 Å². The number of amides is 2. The Bertz CT molecular complexity index is 504. The van der Waals surface area contributed by atoms with Gasteiger partial charge < -0.3 is 9.84 Å². The second-order valence-electron chi connectivity index (χ2n) is 3.85. The number of ether oxygens (including phenoxy) is 1. The number of phenolic OH excluding ortho intramolecular Hbond substituents is 1. The largest absolute Gasteiger partial charge is 0.508 e. The number of imide groups is 1. The number of phenols is 1. The Labute approximate surface area is 104 Å². The van der Waals surface area contributed by atoms with Crippen LogP contribution in [0.3, 0.4) is 0 Å². The Morgan fingerprint density at radius 1 is 1.22 bits per heavy atom. The van der Waals surface area contributed by atoms with Crippen LogP contribution in [-0.2, 0) is 9.59 Å². The molecule has 1 aliphatic heterocycles. The maximum Gasteiger partial charge on any atom is 0.258 e. The van der Waals surface area contributed by atoms with E-state index < -0.39 is 11.8 Å². The SMILES string of the molecule is CCCOc1cc(O)ccc1N1C(=O)C=CC1=O. The Balaban J connectivity index is 2.37. The molecule has 1 aliphatic rings. The van der Waals surface area contributed by atoms with Crippen LogP contribution in [0.2, 0.25) is 0 Å². The van der Waals surface area contributed by atoms with E-state index in [1.165, 1.54) is 30.4 Å². The molecule has 0 unspecified atom stereocenters. The van der Waals surface area contributed by atoms with Gasteiger partial charge in [0, 0.05) is 18.2 Å². The normalized spacial score (nSPS) is 14.4. The Morgan fingerprint density at radius 2 is 1.89 bits per heavy atom. The van der Waals surface area contributed by atoms with Crippen LogP contribution in [0.5, 0.6) is 11.5 Å². The molecule has 0 spiro atoms. The molecule has 1 N–H and O–H groups in total. The Kier molecular flexibility index (Phi) is 3.32. The van der Waals surface area contributed by atoms with Crippen molar-refractivity contribution in [2.24, 2.45) is 0 Å². The van der Waals surface area contributed by atoms with Gasteiger partial charge in [0.25, 0.3) is 11.8 Å². The van der Waals surface area contributed by atoms with Crippen molar-refractivity contribution in [3.8, 4) is 11.5 Å². The van der Waals surface area contributed by atoms with E-state index in [2.05, 4.69) is 0 Å². The van der Waals surface area contributed by atoms with E-state index in [4.69, 9.17) is 4.74 Å². The summed E-state index contributed by atoms with van der Waals surface area (Å²) < 4.78 is 5.44. The summed E-state index contributed by atoms with van der Waals surface area (Å²) in [5.41, 5.74) is 0.348. The van der Waals surface area contributed by atoms with E-state index in [-0.39, 0.29) is 5.75 Å². The van der Waals surface area contributed by atoms with Crippen molar-refractivity contribution in [1.29, 1.82) is 0 Å². The van der Waals surface area contributed by atoms with E-state index in [1.807, 2.05) is 6.92 Å². The topological polar surface area (TPSA) is 66.8 Å². The summed E-state index contributed by atoms with van der Waals surface area (Å²) in [7, 11) is 0. The molecule has 0 fully saturated rings. The molecule has 94 valence electrons. The number of hydrogen-bond donors (Lipinski definition) is 1. The van der Waals surface area contributed by atoms with Crippen molar-refractivity contribution in [1.82, 2.24) is 0 Å². The minimum Gasteiger partial charge on any atom is -0.508 e. The summed E-state index contributed by atoms with van der Waals surface area (Å²) in [6.07, 6.45) is 3.20. The van der Waals surface area contributed by atoms with Gasteiger partial charge in [-0.15, -0.1) is 0 Å². The van der Waals surface area contributed by atoms with Gasteiger partial charge in [0.05, 0.1) is 12.3 Å². The fraction of sp³-hybridized carbons (Fsp3) is 0.231. The van der Waals surface area contributed by atoms with Crippen molar-refractivity contribution in [2.75, 3.05) is 11.5 Å². The first-order valence-electron chi connectivity index (χ1n) is 5.65. The second kappa shape index (κ2) is 4.91. The summed E-state index contributed by atoms with van der Waals surface area (Å²) in [4.78, 5) is 24.2. The predicted octanol–water partition coefficient (Wildman–Crippen LogP) is 1.61. The third-order valence-corrected chi connectivity index (χ3v) is 2.46. The van der Waals surface area contributed by atoms with Crippen molar-refractivity contribution >= 4 is 17.5 Å². The first-order chi connectivity index (χ1) is 8.63. The molecule has 5 heteroatoms. The molecule has 0 bridgehead atoms. The van der Waals surface area contributed by atoms with Crippen molar-refractivity contribution in [3.05, 3.63) is 30.4 Å². The summed E-state index contributed by atoms with van der Waals surface area (Å²) in [5.74, 6) is -0.474. The number of nitrogens with zero attached hydrogens (tertiary/aromatic N) is 1. The standard InChI is InChI=1S/C13H13NO4/c1-2-7-18-11-8-9(15)3-4-10(11)14-12(16)5-6-13(14)17/h3-6,8,15H,2,7H2,1H3. The average Bonchev–Trinajstić information content (AvgIpc) is 2.67. The minimum atomic E-state index is -0.410. The Hall–Kier alpha value is -2.30. The van der Waals surface area contributed by atoms with Gasteiger partial charge in [-0.1, -0.05) is 6.92 Å². The van der Waals surface area contributed by atoms with Gasteiger partial charge in [-0.3, -0.25) is 9.59 Å². The Morgan fingerprint density at radius 3 is 2.50 bits per heavy atom. The lowest BCUT2D eigenvalue weighted by Gasteiger charge is -2.18. The lowest BCUT2D eigenvalue weighted by molar-refractivity contribution is -0.120. The monoisotopic (exact) mass is 247 g/mol. The molecule has 0 aromatic heterocycles. The van der Waals surface area contributed by atoms with Gasteiger partial charge >= 0.3 is 0 Å². The molecule has 5 nitrogen and oxygen atoms in total. The van der Waals surface area contributed by atoms with Gasteiger partial charge in [-0.2, -0.15) is 0 Å². The van der Waals surface area contributed by atoms with Crippen LogP contribution in [0.1, 0.15) is 13.3 Å². The van der Waals surface area contributed by atoms with Gasteiger partial charge in [-0.05, 0) is 18.6 Å². The first-order valence-corrected chi connectivity index (χ1v) is 5.65. The van der Waals surface area contributed by atoms with Crippen LogP contribution in [0.4, 0.5) is 5.69 Å². The summed E-state index contributed by atoms with van der Waals surface area (Å²) in [5, 5.41) is 9.43. The first kappa shape index (κ1) is 12.2. The molecular formula is C13H13NO4. The molecule has 1 heterocycles. The van der Waals surface area contributed by atoms with Gasteiger partial charge in [0.15, 0.2) is 0 Å². The lowest BCUT2D eigenvalue weighted by atomic mass is 10.2. The number of rotatable bonds is 4. The number of benzene rings is 1. The summed E-state index contributed by atoms with van der Waals surface area (Å²) in [6, 6.07) is 4.29. The minimum absolute atomic E-state index is 0.0249. The number of carbonyl (C=O) groups excluding carboxylic acids is 2. The van der Waals surface area contributed by atoms with Crippen LogP contribution in [-0.4, -0.2) is 23.5 Å². The zero-order valence-corrected chi connectivity index (χ0v) is 9.92. The summed E-state index contributed by atoms with van der Waals surface area (Å²) in [6.45, 7) is 2.39. The van der Waals surface area contributed by atoms with E-state index in [1.54, 1.807) is 0 Å². The quantitative estimate of drug-likeness (QED) is 0.821. The maximum absolute atomic E-state index is 11.6. The fourth-order valence-electron chi connectivity index (χ4n) is 1.65. The number of anilines is 1. The van der Waals surface area contributed by atoms with Crippen LogP contribution < -0.4 is 9.64 Å². The molecule has 0 aliphatic carbocycles. The van der Waals surface area contributed by atoms with Crippen LogP contribution in [0.15, 0.2) is 30.4 Å². The zero-order chi connectivity index (χ0) is 13.1. The smallest absolute Gasteiger partial charge is 0.258 e. The van der Waals surface area contributed by atoms with E-state index in [0.29, 0.717) is 18.0 Å². The van der Waals surface area contributed by atoms with Crippen molar-refractivity contribution in [2.45, 2.75) is 13.3 Å². The van der Waals surface area contributed by atoms with E-state index in [0.717, 1.165) is 11.3 Å². The molecule has 0 radical (unpaired) electrons. The molecule has 18 heavy (non-hydrogen) atoms. The average molecular weight is 247 g/mol. The molecular weight excluding hydrogens is 234 g/mol. The zero-order valence-electron chi connectivity index (χ0n) is 9.92. The maximum atomic E-state index is 11.6. The van der Waals surface area contributed by atoms with Crippen LogP contribution in [0.25, 0.3) is 0 Å². The molecule has 0 saturated carbocycles. The third kappa shape index (κ3) is 2.20. The highest BCUT2D eigenvalue weighted by Gasteiger charge is 2.27. The van der Waals surface area contributed by atoms with E-state index in [9.17, 15) is 14.7 Å². The highest BCUT2D eigenvalue weighted by molar-refractivity contribution is 6.28. The molecule has 0 atom stereocenters. The van der Waals surface area contributed by atoms with Gasteiger partial charge in [-0.25, -0.2) is 4.90 Å². The molecule has 0 saturated heterocycles. The van der Waals surface area contributed by atoms with E-state index >= 15 is 0 Å². The molecule has 1 aromatic carbocycles. The molecule has 2 rings (SSSR count). The highest BCUT2D eigenvalue weighted by atomic mass is 16.5. The fourth-order valence-corrected chi connectivity index (χ4v) is 1.65. The van der Waals surface area contributed by atoms with Crippen LogP contribution in [0, 0.1) is 0 Å². The highest BCUT2D eigenvalue weighted by Crippen LogP contribution is 2.33. The molecule has 1 aromatic rings. The number of carbonyl (C=O) groups is 2. The van der Waals surface area contributed by atoms with Gasteiger partial charge in [0.2, 0.25) is 0 Å². The van der Waals surface area contributed by atoms with Crippen molar-refractivity contribution in [3.63, 3.8) is 0 Å². The number of hydrogen-bond acceptors (Lipinski definition) is 4. The second-order valence-corrected chi connectivity index (χ2v) is 3.85. The molecule has 2 amide bonds. The predicted molar refractivity (Wildman–Crippen MR) is 65.5 cm³/mol. The lowest BCUT2D eigenvalue weighted by Crippen LogP contribution is -2.30. The third-order valence-electron chi connectivity index (χ3n) is 2.46. The number of aromatic hydroxyl groups is 1. The summed E-state index contributed by atoms with van der Waals surface area (Å²) >= 11 is 0. The van der Waals surface area contributed by atoms with Gasteiger partial charge in [0.1, 0.15) is 11.5 Å².